The summed E-state index contributed by atoms with van der Waals surface area (Å²) in [5.74, 6) is -0.988. The molecule has 0 saturated carbocycles. The van der Waals surface area contributed by atoms with Crippen LogP contribution in [0.15, 0.2) is 0 Å². The Kier molecular flexibility index (Phi) is 2.98. The Morgan fingerprint density at radius 1 is 1.20 bits per heavy atom. The van der Waals surface area contributed by atoms with Crippen molar-refractivity contribution in [2.75, 3.05) is 0 Å². The van der Waals surface area contributed by atoms with E-state index in [9.17, 15) is 9.59 Å². The van der Waals surface area contributed by atoms with E-state index in [0.717, 1.165) is 0 Å². The third-order valence-electron chi connectivity index (χ3n) is 1.25. The molecule has 0 radical (unpaired) electrons. The lowest BCUT2D eigenvalue weighted by Gasteiger charge is -2.16. The van der Waals surface area contributed by atoms with Crippen molar-refractivity contribution in [1.29, 1.82) is 0 Å². The van der Waals surface area contributed by atoms with Gasteiger partial charge in [-0.1, -0.05) is 0 Å². The summed E-state index contributed by atoms with van der Waals surface area (Å²) in [5.41, 5.74) is 0. The van der Waals surface area contributed by atoms with E-state index in [1.54, 1.807) is 0 Å². The molecule has 0 aliphatic carbocycles. The van der Waals surface area contributed by atoms with Crippen molar-refractivity contribution in [3.63, 3.8) is 0 Å². The second-order valence-electron chi connectivity index (χ2n) is 1.95. The minimum absolute atomic E-state index is 0. The fourth-order valence-corrected chi connectivity index (χ4v) is 0.742. The Morgan fingerprint density at radius 3 is 1.90 bits per heavy atom. The van der Waals surface area contributed by atoms with E-state index in [1.165, 1.54) is 0 Å². The summed E-state index contributed by atoms with van der Waals surface area (Å²) >= 11 is 0. The van der Waals surface area contributed by atoms with E-state index in [0.29, 0.717) is 6.42 Å². The molecule has 1 heterocycles. The molecule has 0 aromatic carbocycles. The van der Waals surface area contributed by atoms with Crippen LogP contribution in [0.25, 0.3) is 0 Å². The van der Waals surface area contributed by atoms with E-state index in [1.807, 2.05) is 0 Å². The summed E-state index contributed by atoms with van der Waals surface area (Å²) in [6.07, 6.45) is 1.12. The smallest absolute Gasteiger partial charge is 0.253 e. The minimum atomic E-state index is -0.494. The van der Waals surface area contributed by atoms with Gasteiger partial charge in [0, 0.05) is 12.8 Å². The molecule has 1 aliphatic heterocycles. The van der Waals surface area contributed by atoms with E-state index in [4.69, 9.17) is 5.21 Å². The maximum atomic E-state index is 10.5. The molecular weight excluding hydrogens is 136 g/mol. The van der Waals surface area contributed by atoms with Crippen LogP contribution in [0.3, 0.4) is 0 Å². The maximum Gasteiger partial charge on any atom is 0.253 e. The molecule has 0 aromatic heterocycles. The van der Waals surface area contributed by atoms with Crippen LogP contribution in [0.5, 0.6) is 0 Å². The summed E-state index contributed by atoms with van der Waals surface area (Å²) in [6.45, 7) is 0. The summed E-state index contributed by atoms with van der Waals surface area (Å²) in [5, 5.41) is 8.78. The third-order valence-corrected chi connectivity index (χ3v) is 1.25. The van der Waals surface area contributed by atoms with Crippen molar-refractivity contribution in [2.24, 2.45) is 0 Å². The normalized spacial score (nSPS) is 18.7. The molecule has 5 heteroatoms. The second-order valence-corrected chi connectivity index (χ2v) is 1.95. The van der Waals surface area contributed by atoms with Crippen molar-refractivity contribution in [1.82, 2.24) is 11.2 Å². The van der Waals surface area contributed by atoms with Gasteiger partial charge in [0.15, 0.2) is 0 Å². The van der Waals surface area contributed by atoms with Crippen molar-refractivity contribution >= 4 is 11.8 Å². The Bertz CT molecular complexity index is 141. The number of nitrogens with zero attached hydrogens (tertiary/aromatic N) is 1. The molecule has 0 spiro atoms. The summed E-state index contributed by atoms with van der Waals surface area (Å²) in [7, 11) is 0. The molecule has 0 aromatic rings. The van der Waals surface area contributed by atoms with Crippen LogP contribution in [-0.4, -0.2) is 22.1 Å². The number of hydrogen-bond donors (Lipinski definition) is 2. The molecule has 10 heavy (non-hydrogen) atoms. The van der Waals surface area contributed by atoms with Crippen LogP contribution in [0, 0.1) is 0 Å². The van der Waals surface area contributed by atoms with E-state index in [2.05, 4.69) is 0 Å². The van der Waals surface area contributed by atoms with Crippen molar-refractivity contribution in [3.8, 4) is 0 Å². The average Bonchev–Trinajstić information content (AvgIpc) is 1.83. The van der Waals surface area contributed by atoms with E-state index >= 15 is 0 Å². The Hall–Kier alpha value is -0.940. The Labute approximate surface area is 58.2 Å². The van der Waals surface area contributed by atoms with Gasteiger partial charge in [-0.25, -0.2) is 0 Å². The highest BCUT2D eigenvalue weighted by atomic mass is 16.5. The number of hydroxylamine groups is 2. The number of carbonyl (C=O) groups excluding carboxylic acids is 2. The van der Waals surface area contributed by atoms with Gasteiger partial charge in [0.2, 0.25) is 0 Å². The van der Waals surface area contributed by atoms with Gasteiger partial charge in [0.25, 0.3) is 11.8 Å². The first kappa shape index (κ1) is 9.06. The van der Waals surface area contributed by atoms with Crippen LogP contribution in [-0.2, 0) is 9.59 Å². The van der Waals surface area contributed by atoms with Crippen molar-refractivity contribution in [3.05, 3.63) is 0 Å². The highest BCUT2D eigenvalue weighted by Gasteiger charge is 2.23. The second kappa shape index (κ2) is 3.28. The van der Waals surface area contributed by atoms with Crippen molar-refractivity contribution in [2.45, 2.75) is 19.3 Å². The van der Waals surface area contributed by atoms with Gasteiger partial charge in [-0.2, -0.15) is 5.06 Å². The molecule has 58 valence electrons. The largest absolute Gasteiger partial charge is 0.344 e. The maximum absolute atomic E-state index is 10.5. The lowest BCUT2D eigenvalue weighted by atomic mass is 10.1. The molecule has 1 aliphatic rings. The lowest BCUT2D eigenvalue weighted by Crippen LogP contribution is -2.36. The minimum Gasteiger partial charge on any atom is -0.344 e. The predicted octanol–water partition coefficient (Wildman–Crippen LogP) is 0.0767. The van der Waals surface area contributed by atoms with E-state index in [-0.39, 0.29) is 24.1 Å². The van der Waals surface area contributed by atoms with Gasteiger partial charge in [0.05, 0.1) is 0 Å². The highest BCUT2D eigenvalue weighted by Crippen LogP contribution is 2.08. The Balaban J connectivity index is 0.000000810. The molecule has 5 nitrogen and oxygen atoms in total. The molecule has 0 bridgehead atoms. The quantitative estimate of drug-likeness (QED) is 0.373. The topological polar surface area (TPSA) is 92.6 Å². The first-order valence-electron chi connectivity index (χ1n) is 2.76. The number of amides is 2. The van der Waals surface area contributed by atoms with Crippen LogP contribution in [0.1, 0.15) is 19.3 Å². The van der Waals surface area contributed by atoms with Gasteiger partial charge in [-0.05, 0) is 6.42 Å². The lowest BCUT2D eigenvalue weighted by molar-refractivity contribution is -0.182. The fraction of sp³-hybridized carbons (Fsp3) is 0.600. The molecule has 0 unspecified atom stereocenters. The zero-order valence-corrected chi connectivity index (χ0v) is 5.54. The number of hydrogen-bond acceptors (Lipinski definition) is 4. The molecule has 0 atom stereocenters. The molecule has 1 saturated heterocycles. The zero-order chi connectivity index (χ0) is 6.85. The number of carbonyl (C=O) groups is 2. The zero-order valence-electron chi connectivity index (χ0n) is 5.54. The first-order chi connectivity index (χ1) is 4.22. The summed E-state index contributed by atoms with van der Waals surface area (Å²) in [4.78, 5) is 20.9. The fourth-order valence-electron chi connectivity index (χ4n) is 0.742. The van der Waals surface area contributed by atoms with Gasteiger partial charge in [-0.15, -0.1) is 0 Å². The molecule has 1 rings (SSSR count). The van der Waals surface area contributed by atoms with Crippen molar-refractivity contribution < 1.29 is 14.8 Å². The average molecular weight is 146 g/mol. The molecule has 4 N–H and O–H groups in total. The van der Waals surface area contributed by atoms with Gasteiger partial charge >= 0.3 is 0 Å². The molecule has 1 fully saturated rings. The SMILES string of the molecule is N.O=C1CCCC(=O)N1O. The molecule has 2 amide bonds. The summed E-state index contributed by atoms with van der Waals surface area (Å²) in [6, 6.07) is 0. The number of rotatable bonds is 0. The number of imide groups is 1. The first-order valence-corrected chi connectivity index (χ1v) is 2.76. The number of piperidine rings is 1. The van der Waals surface area contributed by atoms with Crippen LogP contribution in [0.4, 0.5) is 0 Å². The van der Waals surface area contributed by atoms with Crippen LogP contribution < -0.4 is 6.15 Å². The van der Waals surface area contributed by atoms with E-state index < -0.39 is 11.8 Å². The van der Waals surface area contributed by atoms with Gasteiger partial charge < -0.3 is 6.15 Å². The van der Waals surface area contributed by atoms with Crippen LogP contribution in [0.2, 0.25) is 0 Å². The summed E-state index contributed by atoms with van der Waals surface area (Å²) < 4.78 is 0. The predicted molar refractivity (Wildman–Crippen MR) is 32.5 cm³/mol. The highest BCUT2D eigenvalue weighted by molar-refractivity contribution is 5.95. The third kappa shape index (κ3) is 1.52. The standard InChI is InChI=1S/C5H7NO3.H3N/c7-4-2-1-3-5(8)6(4)9;/h9H,1-3H2;1H3. The Morgan fingerprint density at radius 2 is 1.60 bits per heavy atom. The van der Waals surface area contributed by atoms with Crippen LogP contribution >= 0.6 is 0 Å². The monoisotopic (exact) mass is 146 g/mol. The molecular formula is C5H10N2O3. The van der Waals surface area contributed by atoms with Gasteiger partial charge in [-0.3, -0.25) is 14.8 Å². The van der Waals surface area contributed by atoms with Gasteiger partial charge in [0.1, 0.15) is 0 Å².